The van der Waals surface area contributed by atoms with E-state index in [9.17, 15) is 0 Å². The molecule has 0 aromatic rings. The van der Waals surface area contributed by atoms with Crippen LogP contribution in [0.1, 0.15) is 27.7 Å². The van der Waals surface area contributed by atoms with Crippen molar-refractivity contribution < 1.29 is 50.6 Å². The van der Waals surface area contributed by atoms with Crippen LogP contribution < -0.4 is 0 Å². The summed E-state index contributed by atoms with van der Waals surface area (Å²) in [4.78, 5) is 36.0. The van der Waals surface area contributed by atoms with Gasteiger partial charge in [-0.05, 0) is 0 Å². The summed E-state index contributed by atoms with van der Waals surface area (Å²) in [6.45, 7) is 10.3. The molecule has 0 aliphatic carbocycles. The number of carboxylic acids is 4. The molecule has 8 N–H and O–H groups in total. The molecule has 128 valence electrons. The van der Waals surface area contributed by atoms with E-state index < -0.39 is 23.9 Å². The van der Waals surface area contributed by atoms with Crippen molar-refractivity contribution in [3.63, 3.8) is 0 Å². The fourth-order valence-corrected chi connectivity index (χ4v) is 0. The number of rotatable bonds is 0. The molecule has 0 spiro atoms. The maximum absolute atomic E-state index is 9.00. The van der Waals surface area contributed by atoms with Crippen molar-refractivity contribution in [3.8, 4) is 0 Å². The fraction of sp³-hybridized carbons (Fsp3) is 0.400. The zero-order chi connectivity index (χ0) is 16.3. The molecule has 0 amide bonds. The summed E-state index contributed by atoms with van der Waals surface area (Å²) >= 11 is 0. The summed E-state index contributed by atoms with van der Waals surface area (Å²) in [6.07, 6.45) is 0. The molecule has 0 rings (SSSR count). The number of carboxylic acid groups (broad SMARTS) is 4. The van der Waals surface area contributed by atoms with Crippen LogP contribution in [0.5, 0.6) is 0 Å². The van der Waals surface area contributed by atoms with Crippen molar-refractivity contribution in [3.05, 3.63) is 13.2 Å². The van der Waals surface area contributed by atoms with Gasteiger partial charge in [0.25, 0.3) is 23.9 Å². The number of aliphatic carboxylic acids is 4. The molecule has 10 nitrogen and oxygen atoms in total. The molecule has 22 heavy (non-hydrogen) atoms. The predicted octanol–water partition coefficient (Wildman–Crippen LogP) is -1.78. The Labute approximate surface area is 173 Å². The van der Waals surface area contributed by atoms with E-state index in [1.807, 2.05) is 0 Å². The van der Waals surface area contributed by atoms with Crippen LogP contribution in [-0.4, -0.2) is 114 Å². The van der Waals surface area contributed by atoms with Crippen molar-refractivity contribution in [1.29, 1.82) is 0 Å². The van der Waals surface area contributed by atoms with Crippen LogP contribution in [0.3, 0.4) is 0 Å². The normalized spacial score (nSPS) is 4.73. The molecule has 0 aromatic heterocycles. The van der Waals surface area contributed by atoms with Crippen LogP contribution in [0.2, 0.25) is 0 Å². The van der Waals surface area contributed by atoms with Gasteiger partial charge in [-0.25, -0.2) is 0 Å². The van der Waals surface area contributed by atoms with Gasteiger partial charge in [-0.15, -0.1) is 13.2 Å². The van der Waals surface area contributed by atoms with Gasteiger partial charge >= 0.3 is 59.1 Å². The first-order chi connectivity index (χ1) is 7.93. The Morgan fingerprint density at radius 1 is 0.545 bits per heavy atom. The average Bonchev–Trinajstić information content (AvgIpc) is 2.01. The third kappa shape index (κ3) is 31700. The van der Waals surface area contributed by atoms with Gasteiger partial charge in [-0.1, -0.05) is 0 Å². The SMILES string of the molecule is C=C.CC(=O)O.CC(=O)O.CC(=O)O.CC(=O)O.O.O.[NaH].[NaH]. The molecule has 0 fully saturated rings. The third-order valence-corrected chi connectivity index (χ3v) is 0. The van der Waals surface area contributed by atoms with Gasteiger partial charge in [0.05, 0.1) is 0 Å². The molecule has 0 atom stereocenters. The van der Waals surface area contributed by atoms with Crippen LogP contribution in [-0.2, 0) is 19.2 Å². The van der Waals surface area contributed by atoms with E-state index in [0.717, 1.165) is 27.7 Å². The first-order valence-corrected chi connectivity index (χ1v) is 4.21. The minimum atomic E-state index is -0.833. The second-order valence-electron chi connectivity index (χ2n) is 2.08. The molecule has 0 saturated heterocycles. The molecule has 0 aliphatic heterocycles. The Balaban J connectivity index is -0.0000000133. The van der Waals surface area contributed by atoms with E-state index in [0.29, 0.717) is 0 Å². The molecular formula is C10H26Na2O10. The Kier molecular flexibility index (Phi) is 155. The van der Waals surface area contributed by atoms with Gasteiger partial charge in [0.1, 0.15) is 0 Å². The van der Waals surface area contributed by atoms with Crippen molar-refractivity contribution >= 4 is 83.0 Å². The second kappa shape index (κ2) is 58.9. The Morgan fingerprint density at radius 3 is 0.545 bits per heavy atom. The zero-order valence-corrected chi connectivity index (χ0v) is 11.8. The molecule has 0 aliphatic rings. The van der Waals surface area contributed by atoms with E-state index in [4.69, 9.17) is 39.6 Å². The first-order valence-electron chi connectivity index (χ1n) is 4.21. The van der Waals surface area contributed by atoms with Gasteiger partial charge in [0.2, 0.25) is 0 Å². The number of carbonyl (C=O) groups is 4. The molecule has 0 aromatic carbocycles. The molecule has 0 heterocycles. The van der Waals surface area contributed by atoms with Crippen LogP contribution in [0.25, 0.3) is 0 Å². The van der Waals surface area contributed by atoms with Crippen LogP contribution in [0.15, 0.2) is 13.2 Å². The second-order valence-corrected chi connectivity index (χ2v) is 2.08. The molecule has 12 heteroatoms. The first kappa shape index (κ1) is 57.8. The van der Waals surface area contributed by atoms with E-state index in [2.05, 4.69) is 13.2 Å². The van der Waals surface area contributed by atoms with E-state index in [1.54, 1.807) is 0 Å². The van der Waals surface area contributed by atoms with Crippen molar-refractivity contribution in [2.24, 2.45) is 0 Å². The minimum absolute atomic E-state index is 0. The summed E-state index contributed by atoms with van der Waals surface area (Å²) < 4.78 is 0. The Morgan fingerprint density at radius 2 is 0.545 bits per heavy atom. The third-order valence-electron chi connectivity index (χ3n) is 0. The molecule has 0 radical (unpaired) electrons. The van der Waals surface area contributed by atoms with Gasteiger partial charge in [-0.2, -0.15) is 0 Å². The monoisotopic (exact) mass is 352 g/mol. The zero-order valence-electron chi connectivity index (χ0n) is 11.8. The molecule has 0 bridgehead atoms. The number of hydrogen-bond donors (Lipinski definition) is 4. The summed E-state index contributed by atoms with van der Waals surface area (Å²) in [6, 6.07) is 0. The van der Waals surface area contributed by atoms with Crippen LogP contribution in [0, 0.1) is 0 Å². The number of hydrogen-bond acceptors (Lipinski definition) is 4. The van der Waals surface area contributed by atoms with E-state index in [1.165, 1.54) is 0 Å². The fourth-order valence-electron chi connectivity index (χ4n) is 0. The molecular weight excluding hydrogens is 326 g/mol. The maximum atomic E-state index is 9.00. The summed E-state index contributed by atoms with van der Waals surface area (Å²) in [5.41, 5.74) is 0. The van der Waals surface area contributed by atoms with Gasteiger partial charge < -0.3 is 31.4 Å². The summed E-state index contributed by atoms with van der Waals surface area (Å²) in [5.74, 6) is -3.33. The quantitative estimate of drug-likeness (QED) is 0.288. The standard InChI is InChI=1S/4C2H4O2.C2H4.2Na.2H2O.2H/c4*1-2(3)4;1-2;;;;;;/h4*1H3,(H,3,4);1-2H2;;;2*1H2;;. The Hall–Kier alpha value is -0.460. The van der Waals surface area contributed by atoms with Gasteiger partial charge in [0, 0.05) is 27.7 Å². The average molecular weight is 352 g/mol. The molecule has 0 saturated carbocycles. The predicted molar refractivity (Wildman–Crippen MR) is 86.0 cm³/mol. The topological polar surface area (TPSA) is 212 Å². The van der Waals surface area contributed by atoms with Gasteiger partial charge in [-0.3, -0.25) is 19.2 Å². The Bertz CT molecular complexity index is 182. The molecule has 0 unspecified atom stereocenters. The van der Waals surface area contributed by atoms with Crippen LogP contribution in [0.4, 0.5) is 0 Å². The summed E-state index contributed by atoms with van der Waals surface area (Å²) in [7, 11) is 0. The summed E-state index contributed by atoms with van der Waals surface area (Å²) in [5, 5.41) is 29.7. The van der Waals surface area contributed by atoms with Gasteiger partial charge in [0.15, 0.2) is 0 Å². The van der Waals surface area contributed by atoms with Crippen LogP contribution >= 0.6 is 0 Å². The van der Waals surface area contributed by atoms with Crippen molar-refractivity contribution in [2.75, 3.05) is 0 Å². The van der Waals surface area contributed by atoms with Crippen molar-refractivity contribution in [2.45, 2.75) is 27.7 Å². The van der Waals surface area contributed by atoms with E-state index >= 15 is 0 Å². The van der Waals surface area contributed by atoms with Crippen molar-refractivity contribution in [1.82, 2.24) is 0 Å². The van der Waals surface area contributed by atoms with E-state index in [-0.39, 0.29) is 70.1 Å².